The van der Waals surface area contributed by atoms with Crippen molar-refractivity contribution in [1.29, 1.82) is 0 Å². The third kappa shape index (κ3) is 12.4. The summed E-state index contributed by atoms with van der Waals surface area (Å²) in [7, 11) is -2.41. The van der Waals surface area contributed by atoms with Crippen molar-refractivity contribution in [3.8, 4) is 0 Å². The molecule has 0 atom stereocenters. The van der Waals surface area contributed by atoms with Crippen LogP contribution in [-0.2, 0) is 10.1 Å². The monoisotopic (exact) mass is 658 g/mol. The maximum Gasteiger partial charge on any atom is 0.123 e. The number of nitrogens with zero attached hydrogens (tertiary/aromatic N) is 2. The van der Waals surface area contributed by atoms with Crippen molar-refractivity contribution in [2.75, 3.05) is 59.0 Å². The highest BCUT2D eigenvalue weighted by Gasteiger charge is 2.37. The van der Waals surface area contributed by atoms with Crippen molar-refractivity contribution < 1.29 is 36.8 Å². The molecule has 0 radical (unpaired) electrons. The zero-order valence-corrected chi connectivity index (χ0v) is 30.0. The van der Waals surface area contributed by atoms with Gasteiger partial charge < -0.3 is 23.7 Å². The Labute approximate surface area is 283 Å². The minimum absolute atomic E-state index is 0.126. The summed E-state index contributed by atoms with van der Waals surface area (Å²) in [6.07, 6.45) is 0.473. The van der Waals surface area contributed by atoms with Crippen molar-refractivity contribution in [2.45, 2.75) is 73.6 Å². The van der Waals surface area contributed by atoms with Gasteiger partial charge in [-0.1, -0.05) is 36.4 Å². The van der Waals surface area contributed by atoms with Crippen molar-refractivity contribution >= 4 is 7.32 Å². The summed E-state index contributed by atoms with van der Waals surface area (Å²) in [6, 6.07) is 17.5. The fraction of sp³-hybridized carbons (Fsp3) is 0.526. The van der Waals surface area contributed by atoms with Gasteiger partial charge in [0.2, 0.25) is 0 Å². The first-order chi connectivity index (χ1) is 22.4. The number of benzene rings is 3. The molecule has 0 saturated heterocycles. The standard InChI is InChI=1S/C22H18BF3O3.2C8H20N/c24-19-8-1-5-16(13-19)22(11-4-12-29-23(27)28,17-6-2-9-20(25)14-17)18-7-3-10-21(26)15-18;2*1-5-9(6-2,7-3)8-4/h1-3,5-10,13-15H,4,11-12H2;2*5-8H2,1-4H3/q-2;2*+1. The van der Waals surface area contributed by atoms with Crippen LogP contribution in [0.3, 0.4) is 0 Å². The Balaban J connectivity index is 0.000000504. The molecule has 262 valence electrons. The van der Waals surface area contributed by atoms with Crippen molar-refractivity contribution in [1.82, 2.24) is 0 Å². The molecule has 3 aromatic rings. The van der Waals surface area contributed by atoms with Gasteiger partial charge in [0.1, 0.15) is 17.5 Å². The molecule has 0 heterocycles. The Kier molecular flexibility index (Phi) is 19.2. The number of quaternary nitrogens is 2. The first kappa shape index (κ1) is 42.3. The molecule has 0 amide bonds. The highest BCUT2D eigenvalue weighted by Crippen LogP contribution is 2.43. The molecule has 47 heavy (non-hydrogen) atoms. The summed E-state index contributed by atoms with van der Waals surface area (Å²) in [5.74, 6) is -1.47. The van der Waals surface area contributed by atoms with Crippen LogP contribution in [0.2, 0.25) is 0 Å². The topological polar surface area (TPSA) is 55.3 Å². The molecule has 0 aromatic heterocycles. The second-order valence-corrected chi connectivity index (χ2v) is 11.9. The molecule has 0 N–H and O–H groups in total. The van der Waals surface area contributed by atoms with Crippen LogP contribution in [0.15, 0.2) is 72.8 Å². The first-order valence-corrected chi connectivity index (χ1v) is 17.3. The molecule has 0 aliphatic heterocycles. The third-order valence-corrected chi connectivity index (χ3v) is 10.3. The highest BCUT2D eigenvalue weighted by atomic mass is 19.1. The van der Waals surface area contributed by atoms with E-state index in [-0.39, 0.29) is 19.4 Å². The van der Waals surface area contributed by atoms with Crippen molar-refractivity contribution in [2.24, 2.45) is 0 Å². The molecular formula is C38H58BF3N2O3. The predicted octanol–water partition coefficient (Wildman–Crippen LogP) is 6.71. The van der Waals surface area contributed by atoms with Gasteiger partial charge in [-0.05, 0) is 121 Å². The van der Waals surface area contributed by atoms with Crippen LogP contribution in [0.1, 0.15) is 84.9 Å². The fourth-order valence-corrected chi connectivity index (χ4v) is 6.40. The first-order valence-electron chi connectivity index (χ1n) is 17.3. The minimum Gasteiger partial charge on any atom is -0.871 e. The average molecular weight is 659 g/mol. The van der Waals surface area contributed by atoms with Crippen LogP contribution in [0.25, 0.3) is 0 Å². The molecule has 0 aliphatic rings. The molecule has 0 bridgehead atoms. The van der Waals surface area contributed by atoms with Crippen LogP contribution in [0.5, 0.6) is 0 Å². The van der Waals surface area contributed by atoms with Crippen LogP contribution in [0, 0.1) is 17.5 Å². The molecule has 3 aromatic carbocycles. The Hall–Kier alpha value is -2.69. The summed E-state index contributed by atoms with van der Waals surface area (Å²) in [6.45, 7) is 28.3. The van der Waals surface area contributed by atoms with Gasteiger partial charge in [-0.2, -0.15) is 0 Å². The third-order valence-electron chi connectivity index (χ3n) is 10.3. The van der Waals surface area contributed by atoms with Crippen molar-refractivity contribution in [3.05, 3.63) is 107 Å². The zero-order valence-electron chi connectivity index (χ0n) is 30.0. The van der Waals surface area contributed by atoms with Crippen LogP contribution < -0.4 is 10.0 Å². The molecule has 0 saturated carbocycles. The van der Waals surface area contributed by atoms with E-state index in [2.05, 4.69) is 60.0 Å². The molecule has 0 spiro atoms. The zero-order chi connectivity index (χ0) is 35.5. The number of hydrogen-bond acceptors (Lipinski definition) is 3. The highest BCUT2D eigenvalue weighted by molar-refractivity contribution is 6.28. The lowest BCUT2D eigenvalue weighted by molar-refractivity contribution is -0.921. The molecule has 0 unspecified atom stereocenters. The van der Waals surface area contributed by atoms with E-state index in [0.29, 0.717) is 16.7 Å². The summed E-state index contributed by atoms with van der Waals surface area (Å²) in [5.41, 5.74) is 0.371. The van der Waals surface area contributed by atoms with Gasteiger partial charge in [0.05, 0.1) is 59.7 Å². The Morgan fingerprint density at radius 1 is 0.553 bits per heavy atom. The van der Waals surface area contributed by atoms with Gasteiger partial charge >= 0.3 is 0 Å². The van der Waals surface area contributed by atoms with Crippen LogP contribution >= 0.6 is 0 Å². The summed E-state index contributed by atoms with van der Waals surface area (Å²) in [5, 5.41) is 21.3. The SMILES string of the molecule is CC[N+](CC)(CC)CC.CC[N+](CC)(CC)CC.[O-]B([O-])OCCCC(c1cccc(F)c1)(c1cccc(F)c1)c1cccc(F)c1. The molecule has 0 aliphatic carbocycles. The Morgan fingerprint density at radius 3 is 1.06 bits per heavy atom. The Morgan fingerprint density at radius 2 is 0.851 bits per heavy atom. The largest absolute Gasteiger partial charge is 0.871 e. The lowest BCUT2D eigenvalue weighted by Gasteiger charge is -2.37. The van der Waals surface area contributed by atoms with Gasteiger partial charge in [-0.15, -0.1) is 0 Å². The number of hydrogen-bond donors (Lipinski definition) is 0. The normalized spacial score (nSPS) is 11.7. The van der Waals surface area contributed by atoms with Crippen LogP contribution in [-0.4, -0.2) is 75.3 Å². The van der Waals surface area contributed by atoms with Gasteiger partial charge in [-0.25, -0.2) is 13.2 Å². The van der Waals surface area contributed by atoms with Gasteiger partial charge in [0, 0.05) is 12.0 Å². The van der Waals surface area contributed by atoms with Gasteiger partial charge in [-0.3, -0.25) is 0 Å². The lowest BCUT2D eigenvalue weighted by Crippen LogP contribution is -2.48. The Bertz CT molecular complexity index is 1120. The summed E-state index contributed by atoms with van der Waals surface area (Å²) in [4.78, 5) is 0. The predicted molar refractivity (Wildman–Crippen MR) is 185 cm³/mol. The molecular weight excluding hydrogens is 600 g/mol. The minimum atomic E-state index is -2.41. The maximum atomic E-state index is 14.1. The van der Waals surface area contributed by atoms with Crippen molar-refractivity contribution in [3.63, 3.8) is 0 Å². The average Bonchev–Trinajstić information content (AvgIpc) is 3.08. The van der Waals surface area contributed by atoms with E-state index in [1.54, 1.807) is 18.2 Å². The maximum absolute atomic E-state index is 14.1. The van der Waals surface area contributed by atoms with Gasteiger partial charge in [0.15, 0.2) is 0 Å². The second-order valence-electron chi connectivity index (χ2n) is 11.9. The second kappa shape index (κ2) is 21.3. The summed E-state index contributed by atoms with van der Waals surface area (Å²) < 4.78 is 49.5. The van der Waals surface area contributed by atoms with E-state index in [1.807, 2.05) is 0 Å². The van der Waals surface area contributed by atoms with Gasteiger partial charge in [0.25, 0.3) is 0 Å². The molecule has 3 rings (SSSR count). The van der Waals surface area contributed by atoms with E-state index in [0.717, 1.165) is 0 Å². The molecule has 0 fully saturated rings. The molecule has 5 nitrogen and oxygen atoms in total. The fourth-order valence-electron chi connectivity index (χ4n) is 6.40. The molecule has 9 heteroatoms. The quantitative estimate of drug-likeness (QED) is 0.0745. The number of rotatable bonds is 16. The summed E-state index contributed by atoms with van der Waals surface area (Å²) >= 11 is 0. The van der Waals surface area contributed by atoms with E-state index < -0.39 is 30.2 Å². The van der Waals surface area contributed by atoms with E-state index in [4.69, 9.17) is 0 Å². The van der Waals surface area contributed by atoms with E-state index in [1.165, 1.54) is 116 Å². The number of halogens is 3. The van der Waals surface area contributed by atoms with E-state index >= 15 is 0 Å². The van der Waals surface area contributed by atoms with Crippen LogP contribution in [0.4, 0.5) is 13.2 Å². The van der Waals surface area contributed by atoms with E-state index in [9.17, 15) is 23.2 Å². The lowest BCUT2D eigenvalue weighted by atomic mass is 9.66. The smallest absolute Gasteiger partial charge is 0.123 e.